The van der Waals surface area contributed by atoms with Gasteiger partial charge in [-0.25, -0.2) is 0 Å². The number of rotatable bonds is 23. The largest absolute Gasteiger partial charge is 0.497 e. The minimum Gasteiger partial charge on any atom is -0.497 e. The number of benzene rings is 4. The lowest BCUT2D eigenvalue weighted by atomic mass is 10.0. The first-order valence-electron chi connectivity index (χ1n) is 18.5. The summed E-state index contributed by atoms with van der Waals surface area (Å²) < 4.78 is 21.9. The van der Waals surface area contributed by atoms with Gasteiger partial charge in [-0.05, 0) is 110 Å². The average Bonchev–Trinajstić information content (AvgIpc) is 3.23. The summed E-state index contributed by atoms with van der Waals surface area (Å²) >= 11 is 11.4. The molecule has 56 heavy (non-hydrogen) atoms. The highest BCUT2D eigenvalue weighted by atomic mass is 35.5. The summed E-state index contributed by atoms with van der Waals surface area (Å²) in [6, 6.07) is 29.5. The summed E-state index contributed by atoms with van der Waals surface area (Å²) in [5.74, 6) is 1.20. The van der Waals surface area contributed by atoms with E-state index in [2.05, 4.69) is 41.7 Å². The Kier molecular flexibility index (Phi) is 17.7. The van der Waals surface area contributed by atoms with E-state index in [1.54, 1.807) is 21.3 Å². The number of carbonyl (C=O) groups is 2. The van der Waals surface area contributed by atoms with Gasteiger partial charge in [0.15, 0.2) is 4.84 Å². The third-order valence-corrected chi connectivity index (χ3v) is 14.6. The summed E-state index contributed by atoms with van der Waals surface area (Å²) in [6.07, 6.45) is 6.45. The van der Waals surface area contributed by atoms with Crippen LogP contribution in [0, 0.1) is 10.1 Å². The number of aliphatic hydroxyl groups is 1. The van der Waals surface area contributed by atoms with E-state index in [0.29, 0.717) is 6.42 Å². The van der Waals surface area contributed by atoms with Crippen molar-refractivity contribution in [3.63, 3.8) is 0 Å². The minimum atomic E-state index is -2.07. The van der Waals surface area contributed by atoms with Gasteiger partial charge < -0.3 is 29.4 Å². The zero-order valence-electron chi connectivity index (χ0n) is 31.9. The molecule has 0 aliphatic rings. The number of nitrogens with zero attached hydrogens (tertiary/aromatic N) is 1. The van der Waals surface area contributed by atoms with Gasteiger partial charge in [0.2, 0.25) is 0 Å². The van der Waals surface area contributed by atoms with Gasteiger partial charge >= 0.3 is 5.97 Å². The van der Waals surface area contributed by atoms with Crippen LogP contribution in [0.5, 0.6) is 17.2 Å². The van der Waals surface area contributed by atoms with Crippen molar-refractivity contribution in [2.75, 3.05) is 34.1 Å². The second-order valence-electron chi connectivity index (χ2n) is 13.2. The summed E-state index contributed by atoms with van der Waals surface area (Å²) in [5, 5.41) is 28.2. The maximum Gasteiger partial charge on any atom is 0.305 e. The molecule has 0 unspecified atom stereocenters. The standard InChI is InChI=1S/C42H49Cl2N2O9P/c1-52-32-16-22-35(23-17-32)56(36-24-18-33(53-2)19-25-36,37-26-20-34(54-3)21-27-37)28-10-8-6-4-5-7-9-11-39(47)55-29-38(45-42(49)41(43)44)40(48)30-12-14-31(15-13-30)46(50)51/h12-27,38,40-41,48H,4-11,28-29H2,1-3H3/p+1/t38-,40+/m0/s1. The number of ether oxygens (including phenoxy) is 4. The number of alkyl halides is 2. The number of carbonyl (C=O) groups excluding carboxylic acids is 2. The Labute approximate surface area is 339 Å². The van der Waals surface area contributed by atoms with Gasteiger partial charge in [-0.2, -0.15) is 0 Å². The molecule has 0 aliphatic carbocycles. The smallest absolute Gasteiger partial charge is 0.305 e. The first kappa shape index (κ1) is 44.3. The van der Waals surface area contributed by atoms with Crippen LogP contribution in [-0.2, 0) is 14.3 Å². The normalized spacial score (nSPS) is 12.4. The summed E-state index contributed by atoms with van der Waals surface area (Å²) in [5.41, 5.74) is 0.129. The highest BCUT2D eigenvalue weighted by Crippen LogP contribution is 2.56. The quantitative estimate of drug-likeness (QED) is 0.0193. The van der Waals surface area contributed by atoms with Crippen LogP contribution in [0.15, 0.2) is 97.1 Å². The number of amides is 1. The van der Waals surface area contributed by atoms with Gasteiger partial charge in [-0.1, -0.05) is 48.9 Å². The number of nitrogens with one attached hydrogen (secondary N) is 1. The number of unbranched alkanes of at least 4 members (excludes halogenated alkanes) is 6. The maximum absolute atomic E-state index is 12.6. The van der Waals surface area contributed by atoms with E-state index in [4.69, 9.17) is 42.1 Å². The lowest BCUT2D eigenvalue weighted by molar-refractivity contribution is -0.384. The second-order valence-corrected chi connectivity index (χ2v) is 18.0. The highest BCUT2D eigenvalue weighted by Gasteiger charge is 2.45. The van der Waals surface area contributed by atoms with E-state index >= 15 is 0 Å². The van der Waals surface area contributed by atoms with Crippen molar-refractivity contribution in [3.8, 4) is 17.2 Å². The molecule has 2 atom stereocenters. The molecule has 2 N–H and O–H groups in total. The fourth-order valence-corrected chi connectivity index (χ4v) is 11.1. The highest BCUT2D eigenvalue weighted by molar-refractivity contribution is 7.95. The van der Waals surface area contributed by atoms with Crippen LogP contribution in [0.3, 0.4) is 0 Å². The first-order valence-corrected chi connectivity index (χ1v) is 21.4. The molecule has 0 fully saturated rings. The van der Waals surface area contributed by atoms with E-state index in [9.17, 15) is 24.8 Å². The monoisotopic (exact) mass is 827 g/mol. The molecule has 0 spiro atoms. The van der Waals surface area contributed by atoms with Crippen LogP contribution in [0.1, 0.15) is 63.0 Å². The number of esters is 1. The zero-order chi connectivity index (χ0) is 40.5. The predicted molar refractivity (Wildman–Crippen MR) is 223 cm³/mol. The van der Waals surface area contributed by atoms with Crippen molar-refractivity contribution in [2.24, 2.45) is 0 Å². The van der Waals surface area contributed by atoms with E-state index in [1.165, 1.54) is 40.2 Å². The fraction of sp³-hybridized carbons (Fsp3) is 0.381. The van der Waals surface area contributed by atoms with Crippen LogP contribution >= 0.6 is 30.5 Å². The topological polar surface area (TPSA) is 146 Å². The number of nitro groups is 1. The molecule has 1 amide bonds. The Morgan fingerprint density at radius 2 is 1.12 bits per heavy atom. The second kappa shape index (κ2) is 22.4. The third-order valence-electron chi connectivity index (χ3n) is 9.69. The van der Waals surface area contributed by atoms with Crippen LogP contribution in [-0.4, -0.2) is 66.9 Å². The molecule has 4 aromatic carbocycles. The molecular formula is C42H50Cl2N2O9P+. The number of non-ortho nitro benzene ring substituents is 1. The molecule has 0 bridgehead atoms. The maximum atomic E-state index is 12.6. The van der Waals surface area contributed by atoms with Gasteiger partial charge in [0.1, 0.15) is 53.1 Å². The molecule has 0 heterocycles. The Morgan fingerprint density at radius 3 is 1.54 bits per heavy atom. The molecule has 4 aromatic rings. The van der Waals surface area contributed by atoms with Crippen LogP contribution in [0.2, 0.25) is 0 Å². The summed E-state index contributed by atoms with van der Waals surface area (Å²) in [4.78, 5) is 33.8. The van der Waals surface area contributed by atoms with Crippen molar-refractivity contribution in [2.45, 2.75) is 68.3 Å². The van der Waals surface area contributed by atoms with Crippen molar-refractivity contribution < 1.29 is 38.6 Å². The molecular weight excluding hydrogens is 778 g/mol. The fourth-order valence-electron chi connectivity index (χ4n) is 6.58. The lowest BCUT2D eigenvalue weighted by Crippen LogP contribution is -2.45. The Hall–Kier alpha value is -4.41. The van der Waals surface area contributed by atoms with Crippen molar-refractivity contribution in [1.29, 1.82) is 0 Å². The van der Waals surface area contributed by atoms with E-state index < -0.39 is 41.0 Å². The van der Waals surface area contributed by atoms with Crippen molar-refractivity contribution >= 4 is 63.9 Å². The molecule has 0 saturated heterocycles. The van der Waals surface area contributed by atoms with Gasteiger partial charge in [0.05, 0.1) is 38.5 Å². The molecule has 14 heteroatoms. The van der Waals surface area contributed by atoms with Gasteiger partial charge in [0.25, 0.3) is 11.6 Å². The van der Waals surface area contributed by atoms with Crippen LogP contribution < -0.4 is 35.4 Å². The number of nitro benzene ring substituents is 1. The minimum absolute atomic E-state index is 0.155. The summed E-state index contributed by atoms with van der Waals surface area (Å²) in [6.45, 7) is -0.336. The van der Waals surface area contributed by atoms with Gasteiger partial charge in [-0.3, -0.25) is 19.7 Å². The van der Waals surface area contributed by atoms with Crippen LogP contribution in [0.4, 0.5) is 5.69 Å². The number of halogens is 2. The molecule has 0 saturated carbocycles. The number of aliphatic hydroxyl groups excluding tert-OH is 1. The average molecular weight is 829 g/mol. The molecule has 0 aromatic heterocycles. The number of hydrogen-bond donors (Lipinski definition) is 2. The molecule has 0 radical (unpaired) electrons. The molecule has 0 aliphatic heterocycles. The van der Waals surface area contributed by atoms with Crippen LogP contribution in [0.25, 0.3) is 0 Å². The SMILES string of the molecule is COc1ccc([P+](CCCCCCCCCC(=O)OC[C@H](NC(=O)C(Cl)Cl)[C@H](O)c2ccc([N+](=O)[O-])cc2)(c2ccc(OC)cc2)c2ccc(OC)cc2)cc1. The summed E-state index contributed by atoms with van der Waals surface area (Å²) in [7, 11) is 2.96. The van der Waals surface area contributed by atoms with Gasteiger partial charge in [-0.15, -0.1) is 0 Å². The molecule has 4 rings (SSSR count). The van der Waals surface area contributed by atoms with Crippen molar-refractivity contribution in [1.82, 2.24) is 5.32 Å². The predicted octanol–water partition coefficient (Wildman–Crippen LogP) is 7.60. The van der Waals surface area contributed by atoms with E-state index in [0.717, 1.165) is 61.9 Å². The first-order chi connectivity index (χ1) is 27.0. The van der Waals surface area contributed by atoms with Crippen molar-refractivity contribution in [3.05, 3.63) is 113 Å². The molecule has 11 nitrogen and oxygen atoms in total. The molecule has 300 valence electrons. The Bertz CT molecular complexity index is 1710. The zero-order valence-corrected chi connectivity index (χ0v) is 34.3. The Morgan fingerprint density at radius 1 is 0.696 bits per heavy atom. The number of hydrogen-bond acceptors (Lipinski definition) is 9. The number of methoxy groups -OCH3 is 3. The lowest BCUT2D eigenvalue weighted by Gasteiger charge is -2.28. The third kappa shape index (κ3) is 12.3. The van der Waals surface area contributed by atoms with E-state index in [1.807, 2.05) is 36.4 Å². The van der Waals surface area contributed by atoms with Gasteiger partial charge in [0, 0.05) is 18.6 Å². The van der Waals surface area contributed by atoms with E-state index in [-0.39, 0.29) is 24.3 Å². The Balaban J connectivity index is 1.30.